The maximum absolute atomic E-state index is 10.6. The minimum atomic E-state index is -3.80. The van der Waals surface area contributed by atoms with Crippen LogP contribution >= 0.6 is 11.6 Å². The molecular weight excluding hydrogens is 218 g/mol. The summed E-state index contributed by atoms with van der Waals surface area (Å²) in [5, 5.41) is 8.33. The van der Waals surface area contributed by atoms with E-state index >= 15 is 0 Å². The van der Waals surface area contributed by atoms with Crippen LogP contribution in [0.25, 0.3) is 0 Å². The number of allylic oxidation sites excluding steroid dienone is 3. The minimum Gasteiger partial charge on any atom is -0.479 e. The molecule has 0 aliphatic carbocycles. The van der Waals surface area contributed by atoms with Crippen molar-refractivity contribution in [2.75, 3.05) is 5.94 Å². The fourth-order valence-electron chi connectivity index (χ4n) is 0.405. The molecule has 2 N–H and O–H groups in total. The smallest absolute Gasteiger partial charge is 0.268 e. The van der Waals surface area contributed by atoms with E-state index in [-0.39, 0.29) is 10.8 Å². The summed E-state index contributed by atoms with van der Waals surface area (Å²) >= 11 is 5.55. The van der Waals surface area contributed by atoms with Gasteiger partial charge in [0.15, 0.2) is 0 Å². The minimum absolute atomic E-state index is 0.216. The number of hydrogen-bond acceptors (Lipinski definition) is 4. The molecule has 76 valence electrons. The molecule has 7 heteroatoms. The Morgan fingerprint density at radius 1 is 1.77 bits per heavy atom. The van der Waals surface area contributed by atoms with Crippen LogP contribution in [-0.2, 0) is 14.8 Å². The van der Waals surface area contributed by atoms with Gasteiger partial charge in [-0.25, -0.2) is 8.42 Å². The number of nitrogens with one attached hydrogen (secondary N) is 1. The molecule has 0 aliphatic heterocycles. The van der Waals surface area contributed by atoms with Gasteiger partial charge in [0.25, 0.3) is 10.0 Å². The molecule has 0 unspecified atom stereocenters. The molecule has 0 heterocycles. The van der Waals surface area contributed by atoms with Crippen LogP contribution in [0.3, 0.4) is 0 Å². The summed E-state index contributed by atoms with van der Waals surface area (Å²) in [5.41, 5.74) is 0. The Balaban J connectivity index is 4.28. The van der Waals surface area contributed by atoms with Gasteiger partial charge >= 0.3 is 0 Å². The first-order valence-corrected chi connectivity index (χ1v) is 5.21. The van der Waals surface area contributed by atoms with Crippen molar-refractivity contribution in [3.8, 4) is 0 Å². The molecule has 0 aliphatic rings. The zero-order valence-electron chi connectivity index (χ0n) is 6.95. The normalized spacial score (nSPS) is 13.5. The number of sulfonamides is 1. The molecule has 0 saturated heterocycles. The second-order valence-corrected chi connectivity index (χ2v) is 4.13. The lowest BCUT2D eigenvalue weighted by Gasteiger charge is -2.06. The molecule has 0 atom stereocenters. The van der Waals surface area contributed by atoms with Crippen LogP contribution in [0.15, 0.2) is 23.4 Å². The SMILES string of the molecule is C=C/C(Cl)=C(/C)OCS(=O)(=O)NO. The molecule has 0 saturated carbocycles. The summed E-state index contributed by atoms with van der Waals surface area (Å²) in [4.78, 5) is 1.11. The van der Waals surface area contributed by atoms with E-state index in [2.05, 4.69) is 6.58 Å². The van der Waals surface area contributed by atoms with E-state index in [1.807, 2.05) is 0 Å². The summed E-state index contributed by atoms with van der Waals surface area (Å²) in [5.74, 6) is -0.477. The molecular formula is C6H10ClNO4S. The van der Waals surface area contributed by atoms with E-state index in [4.69, 9.17) is 21.5 Å². The molecule has 0 aromatic carbocycles. The summed E-state index contributed by atoms with van der Waals surface area (Å²) in [6, 6.07) is 0. The van der Waals surface area contributed by atoms with Crippen LogP contribution in [0.1, 0.15) is 6.92 Å². The maximum Gasteiger partial charge on any atom is 0.268 e. The van der Waals surface area contributed by atoms with E-state index in [0.717, 1.165) is 4.89 Å². The summed E-state index contributed by atoms with van der Waals surface area (Å²) < 4.78 is 26.0. The van der Waals surface area contributed by atoms with Crippen molar-refractivity contribution in [1.82, 2.24) is 4.89 Å². The zero-order chi connectivity index (χ0) is 10.5. The molecule has 0 aromatic rings. The van der Waals surface area contributed by atoms with E-state index < -0.39 is 16.0 Å². The third-order valence-electron chi connectivity index (χ3n) is 1.09. The first-order valence-electron chi connectivity index (χ1n) is 3.18. The van der Waals surface area contributed by atoms with Crippen molar-refractivity contribution in [3.63, 3.8) is 0 Å². The summed E-state index contributed by atoms with van der Waals surface area (Å²) in [7, 11) is -3.80. The molecule has 0 fully saturated rings. The van der Waals surface area contributed by atoms with Gasteiger partial charge in [0.2, 0.25) is 5.94 Å². The van der Waals surface area contributed by atoms with Crippen LogP contribution in [0.2, 0.25) is 0 Å². The van der Waals surface area contributed by atoms with Crippen molar-refractivity contribution in [3.05, 3.63) is 23.4 Å². The lowest BCUT2D eigenvalue weighted by molar-refractivity contribution is 0.220. The number of halogens is 1. The quantitative estimate of drug-likeness (QED) is 0.416. The molecule has 0 rings (SSSR count). The van der Waals surface area contributed by atoms with Gasteiger partial charge in [-0.3, -0.25) is 0 Å². The molecule has 0 spiro atoms. The fourth-order valence-corrected chi connectivity index (χ4v) is 0.844. The van der Waals surface area contributed by atoms with Crippen molar-refractivity contribution < 1.29 is 18.4 Å². The Labute approximate surface area is 81.7 Å². The average molecular weight is 228 g/mol. The highest BCUT2D eigenvalue weighted by Gasteiger charge is 2.09. The average Bonchev–Trinajstić information content (AvgIpc) is 2.13. The molecule has 5 nitrogen and oxygen atoms in total. The summed E-state index contributed by atoms with van der Waals surface area (Å²) in [6.07, 6.45) is 1.32. The Hall–Kier alpha value is -0.560. The standard InChI is InChI=1S/C6H10ClNO4S/c1-3-6(7)5(2)12-4-13(10,11)8-9/h3,8-9H,1,4H2,2H3/b6-5+. The van der Waals surface area contributed by atoms with Crippen molar-refractivity contribution in [1.29, 1.82) is 0 Å². The second kappa shape index (κ2) is 5.23. The van der Waals surface area contributed by atoms with Crippen molar-refractivity contribution in [2.45, 2.75) is 6.92 Å². The van der Waals surface area contributed by atoms with Crippen LogP contribution in [0, 0.1) is 0 Å². The van der Waals surface area contributed by atoms with E-state index in [1.54, 1.807) is 0 Å². The van der Waals surface area contributed by atoms with Gasteiger partial charge in [-0.2, -0.15) is 0 Å². The first-order chi connectivity index (χ1) is 5.93. The highest BCUT2D eigenvalue weighted by Crippen LogP contribution is 2.11. The first kappa shape index (κ1) is 12.4. The molecule has 0 bridgehead atoms. The van der Waals surface area contributed by atoms with Gasteiger partial charge in [-0.15, -0.1) is 0 Å². The topological polar surface area (TPSA) is 75.6 Å². The van der Waals surface area contributed by atoms with Gasteiger partial charge in [-0.05, 0) is 13.0 Å². The van der Waals surface area contributed by atoms with Gasteiger partial charge in [0, 0.05) is 0 Å². The lowest BCUT2D eigenvalue weighted by Crippen LogP contribution is -2.23. The Morgan fingerprint density at radius 2 is 2.31 bits per heavy atom. The monoisotopic (exact) mass is 227 g/mol. The van der Waals surface area contributed by atoms with Gasteiger partial charge in [0.1, 0.15) is 5.76 Å². The number of rotatable bonds is 5. The number of hydrogen-bond donors (Lipinski definition) is 2. The van der Waals surface area contributed by atoms with Gasteiger partial charge in [0.05, 0.1) is 5.03 Å². The maximum atomic E-state index is 10.6. The largest absolute Gasteiger partial charge is 0.479 e. The van der Waals surface area contributed by atoms with E-state index in [1.165, 1.54) is 13.0 Å². The van der Waals surface area contributed by atoms with Crippen molar-refractivity contribution >= 4 is 21.6 Å². The third kappa shape index (κ3) is 4.89. The third-order valence-corrected chi connectivity index (χ3v) is 2.21. The second-order valence-electron chi connectivity index (χ2n) is 2.08. The van der Waals surface area contributed by atoms with Gasteiger partial charge in [-0.1, -0.05) is 23.1 Å². The predicted octanol–water partition coefficient (Wildman–Crippen LogP) is 0.925. The highest BCUT2D eigenvalue weighted by atomic mass is 35.5. The van der Waals surface area contributed by atoms with E-state index in [9.17, 15) is 8.42 Å². The molecule has 13 heavy (non-hydrogen) atoms. The summed E-state index contributed by atoms with van der Waals surface area (Å²) in [6.45, 7) is 4.85. The lowest BCUT2D eigenvalue weighted by atomic mass is 10.5. The van der Waals surface area contributed by atoms with Gasteiger partial charge < -0.3 is 9.94 Å². The Kier molecular flexibility index (Phi) is 5.01. The van der Waals surface area contributed by atoms with Crippen LogP contribution < -0.4 is 4.89 Å². The Morgan fingerprint density at radius 3 is 2.69 bits per heavy atom. The molecule has 0 aromatic heterocycles. The van der Waals surface area contributed by atoms with Crippen LogP contribution in [0.4, 0.5) is 0 Å². The highest BCUT2D eigenvalue weighted by molar-refractivity contribution is 7.89. The Bertz CT molecular complexity index is 309. The molecule has 0 radical (unpaired) electrons. The molecule has 0 amide bonds. The van der Waals surface area contributed by atoms with Crippen LogP contribution in [0.5, 0.6) is 0 Å². The van der Waals surface area contributed by atoms with Crippen LogP contribution in [-0.4, -0.2) is 19.6 Å². The zero-order valence-corrected chi connectivity index (χ0v) is 8.52. The van der Waals surface area contributed by atoms with Crippen molar-refractivity contribution in [2.24, 2.45) is 0 Å². The fraction of sp³-hybridized carbons (Fsp3) is 0.333. The van der Waals surface area contributed by atoms with E-state index in [0.29, 0.717) is 0 Å². The predicted molar refractivity (Wildman–Crippen MR) is 48.5 cm³/mol. The number of ether oxygens (including phenoxy) is 1.